The van der Waals surface area contributed by atoms with Gasteiger partial charge in [0, 0.05) is 26.2 Å². The smallest absolute Gasteiger partial charge is 0.422 e. The second kappa shape index (κ2) is 10.8. The molecule has 2 aliphatic heterocycles. The van der Waals surface area contributed by atoms with E-state index in [0.29, 0.717) is 55.4 Å². The number of nitrogens with zero attached hydrogens (tertiary/aromatic N) is 2. The van der Waals surface area contributed by atoms with Crippen LogP contribution in [0.25, 0.3) is 11.0 Å². The van der Waals surface area contributed by atoms with Crippen LogP contribution in [-0.2, 0) is 14.3 Å². The van der Waals surface area contributed by atoms with Crippen molar-refractivity contribution in [3.8, 4) is 5.75 Å². The summed E-state index contributed by atoms with van der Waals surface area (Å²) in [7, 11) is 0. The molecule has 0 spiro atoms. The van der Waals surface area contributed by atoms with Gasteiger partial charge in [-0.1, -0.05) is 11.2 Å². The first-order chi connectivity index (χ1) is 16.3. The van der Waals surface area contributed by atoms with Crippen molar-refractivity contribution in [2.24, 2.45) is 11.8 Å². The molecule has 1 aromatic heterocycles. The van der Waals surface area contributed by atoms with Gasteiger partial charge in [0.25, 0.3) is 0 Å². The Balaban J connectivity index is 1.23. The summed E-state index contributed by atoms with van der Waals surface area (Å²) in [6, 6.07) is 4.67. The van der Waals surface area contributed by atoms with Crippen LogP contribution in [0.4, 0.5) is 19.0 Å². The second-order valence-corrected chi connectivity index (χ2v) is 9.00. The zero-order chi connectivity index (χ0) is 24.1. The second-order valence-electron chi connectivity index (χ2n) is 9.00. The predicted molar refractivity (Wildman–Crippen MR) is 117 cm³/mol. The summed E-state index contributed by atoms with van der Waals surface area (Å²) in [6.07, 6.45) is -1.15. The number of hydrogen-bond donors (Lipinski definition) is 1. The van der Waals surface area contributed by atoms with Crippen LogP contribution in [0.15, 0.2) is 22.7 Å². The van der Waals surface area contributed by atoms with Gasteiger partial charge in [0.15, 0.2) is 18.0 Å². The minimum Gasteiger partial charge on any atom is -0.483 e. The van der Waals surface area contributed by atoms with Gasteiger partial charge in [0.1, 0.15) is 17.9 Å². The Hall–Kier alpha value is -2.53. The molecule has 1 aromatic carbocycles. The predicted octanol–water partition coefficient (Wildman–Crippen LogP) is 4.21. The number of fused-ring (bicyclic) bond motifs is 1. The number of ether oxygens (including phenoxy) is 3. The molecule has 0 radical (unpaired) electrons. The van der Waals surface area contributed by atoms with Gasteiger partial charge in [-0.25, -0.2) is 0 Å². The fourth-order valence-corrected chi connectivity index (χ4v) is 4.41. The topological polar surface area (TPSA) is 86.1 Å². The largest absolute Gasteiger partial charge is 0.483 e. The minimum atomic E-state index is -4.43. The normalized spacial score (nSPS) is 22.6. The van der Waals surface area contributed by atoms with E-state index in [4.69, 9.17) is 18.7 Å². The summed E-state index contributed by atoms with van der Waals surface area (Å²) in [5.41, 5.74) is 0.359. The van der Waals surface area contributed by atoms with Gasteiger partial charge in [-0.05, 0) is 50.7 Å². The van der Waals surface area contributed by atoms with E-state index in [0.717, 1.165) is 25.9 Å². The minimum absolute atomic E-state index is 0.0779. The Morgan fingerprint density at radius 2 is 2.06 bits per heavy atom. The summed E-state index contributed by atoms with van der Waals surface area (Å²) >= 11 is 0. The number of carbonyl (C=O) groups is 1. The zero-order valence-electron chi connectivity index (χ0n) is 19.1. The van der Waals surface area contributed by atoms with Crippen LogP contribution in [0, 0.1) is 11.8 Å². The van der Waals surface area contributed by atoms with Crippen LogP contribution in [0.5, 0.6) is 5.75 Å². The number of piperidine rings is 1. The molecule has 2 aliphatic rings. The molecular weight excluding hydrogens is 455 g/mol. The Morgan fingerprint density at radius 3 is 2.79 bits per heavy atom. The Labute approximate surface area is 195 Å². The molecule has 11 heteroatoms. The Kier molecular flexibility index (Phi) is 7.82. The van der Waals surface area contributed by atoms with Gasteiger partial charge in [-0.15, -0.1) is 0 Å². The highest BCUT2D eigenvalue weighted by Gasteiger charge is 2.30. The molecule has 2 saturated heterocycles. The summed E-state index contributed by atoms with van der Waals surface area (Å²) in [6.45, 7) is 3.66. The number of rotatable bonds is 8. The standard InChI is InChI=1S/C23H30F3N3O5/c1-15-11-17(7-10-31-15)22(30)33-14-29-8-5-16(6-9-29)12-27-21-20-18(32-13-23(24,25)26)3-2-4-19(20)34-28-21/h2-4,15-17H,5-14H2,1H3,(H,27,28). The number of aromatic nitrogens is 1. The third-order valence-corrected chi connectivity index (χ3v) is 6.32. The maximum Gasteiger partial charge on any atom is 0.422 e. The van der Waals surface area contributed by atoms with Crippen molar-refractivity contribution >= 4 is 22.8 Å². The number of nitrogens with one attached hydrogen (secondary N) is 1. The highest BCUT2D eigenvalue weighted by Crippen LogP contribution is 2.33. The molecule has 4 rings (SSSR count). The van der Waals surface area contributed by atoms with E-state index in [9.17, 15) is 18.0 Å². The SMILES string of the molecule is CC1CC(C(=O)OCN2CCC(CNc3noc4cccc(OCC(F)(F)F)c34)CC2)CCO1. The van der Waals surface area contributed by atoms with Gasteiger partial charge in [0.2, 0.25) is 0 Å². The van der Waals surface area contributed by atoms with Gasteiger partial charge in [-0.3, -0.25) is 9.69 Å². The van der Waals surface area contributed by atoms with Crippen LogP contribution < -0.4 is 10.1 Å². The molecular formula is C23H30F3N3O5. The van der Waals surface area contributed by atoms with Crippen molar-refractivity contribution in [3.05, 3.63) is 18.2 Å². The quantitative estimate of drug-likeness (QED) is 0.557. The molecule has 2 fully saturated rings. The van der Waals surface area contributed by atoms with Crippen molar-refractivity contribution in [2.45, 2.75) is 44.9 Å². The lowest BCUT2D eigenvalue weighted by Gasteiger charge is -2.32. The Bertz CT molecular complexity index is 959. The van der Waals surface area contributed by atoms with E-state index < -0.39 is 12.8 Å². The zero-order valence-corrected chi connectivity index (χ0v) is 19.1. The van der Waals surface area contributed by atoms with Crippen molar-refractivity contribution in [1.29, 1.82) is 0 Å². The van der Waals surface area contributed by atoms with E-state index in [1.54, 1.807) is 12.1 Å². The molecule has 8 nitrogen and oxygen atoms in total. The van der Waals surface area contributed by atoms with Crippen LogP contribution in [0.2, 0.25) is 0 Å². The van der Waals surface area contributed by atoms with Crippen molar-refractivity contribution < 1.29 is 36.7 Å². The van der Waals surface area contributed by atoms with Gasteiger partial charge >= 0.3 is 12.1 Å². The molecule has 0 aliphatic carbocycles. The van der Waals surface area contributed by atoms with Gasteiger partial charge in [-0.2, -0.15) is 13.2 Å². The van der Waals surface area contributed by atoms with Gasteiger partial charge in [0.05, 0.1) is 12.0 Å². The van der Waals surface area contributed by atoms with Crippen molar-refractivity contribution in [2.75, 3.05) is 44.9 Å². The fraction of sp³-hybridized carbons (Fsp3) is 0.652. The first-order valence-corrected chi connectivity index (χ1v) is 11.6. The monoisotopic (exact) mass is 485 g/mol. The number of esters is 1. The molecule has 2 aromatic rings. The average Bonchev–Trinajstić information content (AvgIpc) is 3.24. The van der Waals surface area contributed by atoms with Crippen LogP contribution >= 0.6 is 0 Å². The molecule has 0 saturated carbocycles. The molecule has 0 amide bonds. The van der Waals surface area contributed by atoms with Crippen LogP contribution in [0.3, 0.4) is 0 Å². The van der Waals surface area contributed by atoms with Crippen molar-refractivity contribution in [3.63, 3.8) is 0 Å². The van der Waals surface area contributed by atoms with Crippen molar-refractivity contribution in [1.82, 2.24) is 10.1 Å². The van der Waals surface area contributed by atoms with Crippen LogP contribution in [-0.4, -0.2) is 67.9 Å². The Morgan fingerprint density at radius 1 is 1.26 bits per heavy atom. The van der Waals surface area contributed by atoms with Gasteiger partial charge < -0.3 is 24.1 Å². The molecule has 0 bridgehead atoms. The molecule has 188 valence electrons. The number of alkyl halides is 3. The third-order valence-electron chi connectivity index (χ3n) is 6.32. The lowest BCUT2D eigenvalue weighted by atomic mass is 9.96. The highest BCUT2D eigenvalue weighted by molar-refractivity contribution is 5.93. The number of anilines is 1. The number of carbonyl (C=O) groups excluding carboxylic acids is 1. The average molecular weight is 486 g/mol. The lowest BCUT2D eigenvalue weighted by molar-refractivity contribution is -0.159. The molecule has 1 N–H and O–H groups in total. The maximum atomic E-state index is 12.6. The van der Waals surface area contributed by atoms with E-state index >= 15 is 0 Å². The first kappa shape index (κ1) is 24.6. The summed E-state index contributed by atoms with van der Waals surface area (Å²) < 4.78 is 59.0. The number of halogens is 3. The highest BCUT2D eigenvalue weighted by atomic mass is 19.4. The summed E-state index contributed by atoms with van der Waals surface area (Å²) in [4.78, 5) is 14.4. The van der Waals surface area contributed by atoms with E-state index in [-0.39, 0.29) is 23.7 Å². The van der Waals surface area contributed by atoms with E-state index in [1.807, 2.05) is 6.92 Å². The van der Waals surface area contributed by atoms with E-state index in [1.165, 1.54) is 6.07 Å². The summed E-state index contributed by atoms with van der Waals surface area (Å²) in [5.74, 6) is 0.551. The van der Waals surface area contributed by atoms with Crippen LogP contribution in [0.1, 0.15) is 32.6 Å². The number of hydrogen-bond acceptors (Lipinski definition) is 8. The molecule has 2 unspecified atom stereocenters. The molecule has 34 heavy (non-hydrogen) atoms. The molecule has 3 heterocycles. The maximum absolute atomic E-state index is 12.6. The lowest BCUT2D eigenvalue weighted by Crippen LogP contribution is -2.39. The fourth-order valence-electron chi connectivity index (χ4n) is 4.41. The van der Waals surface area contributed by atoms with E-state index in [2.05, 4.69) is 15.4 Å². The number of likely N-dealkylation sites (tertiary alicyclic amines) is 1. The third kappa shape index (κ3) is 6.53. The molecule has 2 atom stereocenters. The number of benzene rings is 1. The summed E-state index contributed by atoms with van der Waals surface area (Å²) in [5, 5.41) is 7.58. The first-order valence-electron chi connectivity index (χ1n) is 11.6.